The highest BCUT2D eigenvalue weighted by atomic mass is 32.2. The van der Waals surface area contributed by atoms with Crippen LogP contribution in [0.25, 0.3) is 0 Å². The third-order valence-corrected chi connectivity index (χ3v) is 5.19. The Hall–Kier alpha value is -0.950. The molecule has 2 aliphatic heterocycles. The van der Waals surface area contributed by atoms with Crippen molar-refractivity contribution in [3.05, 3.63) is 0 Å². The maximum Gasteiger partial charge on any atom is 0.234 e. The first-order valence-electron chi connectivity index (χ1n) is 6.61. The fourth-order valence-corrected chi connectivity index (χ4v) is 3.85. The lowest BCUT2D eigenvalue weighted by Crippen LogP contribution is -2.53. The molecule has 0 aromatic carbocycles. The monoisotopic (exact) mass is 287 g/mol. The third kappa shape index (κ3) is 3.14. The summed E-state index contributed by atoms with van der Waals surface area (Å²) in [5.41, 5.74) is 4.84. The third-order valence-electron chi connectivity index (χ3n) is 3.95. The van der Waals surface area contributed by atoms with Crippen molar-refractivity contribution in [1.82, 2.24) is 5.32 Å². The highest BCUT2D eigenvalue weighted by Crippen LogP contribution is 2.31. The number of hydrogen-bond donors (Lipinski definition) is 3. The van der Waals surface area contributed by atoms with E-state index in [1.54, 1.807) is 0 Å². The minimum Gasteiger partial charge on any atom is -0.409 e. The van der Waals surface area contributed by atoms with E-state index in [0.717, 1.165) is 12.2 Å². The van der Waals surface area contributed by atoms with Gasteiger partial charge in [0, 0.05) is 19.8 Å². The van der Waals surface area contributed by atoms with Crippen LogP contribution in [0, 0.1) is 11.3 Å². The number of carbonyl (C=O) groups excluding carboxylic acids is 1. The molecule has 2 heterocycles. The molecular formula is C12H21N3O3S. The fourth-order valence-electron chi connectivity index (χ4n) is 2.57. The van der Waals surface area contributed by atoms with Gasteiger partial charge < -0.3 is 21.0 Å². The molecule has 108 valence electrons. The maximum absolute atomic E-state index is 12.4. The average molecular weight is 287 g/mol. The number of rotatable bonds is 4. The second-order valence-electron chi connectivity index (χ2n) is 5.12. The summed E-state index contributed by atoms with van der Waals surface area (Å²) in [6, 6.07) is 0. The van der Waals surface area contributed by atoms with Crippen molar-refractivity contribution < 1.29 is 14.7 Å². The quantitative estimate of drug-likeness (QED) is 0.301. The minimum absolute atomic E-state index is 0.00547. The molecular weight excluding hydrogens is 266 g/mol. The van der Waals surface area contributed by atoms with Crippen LogP contribution in [0.15, 0.2) is 5.16 Å². The normalized spacial score (nSPS) is 27.2. The molecule has 0 aromatic rings. The van der Waals surface area contributed by atoms with E-state index in [2.05, 4.69) is 10.5 Å². The molecule has 0 spiro atoms. The second-order valence-corrected chi connectivity index (χ2v) is 6.27. The van der Waals surface area contributed by atoms with Gasteiger partial charge in [-0.1, -0.05) is 5.16 Å². The lowest BCUT2D eigenvalue weighted by Gasteiger charge is -2.34. The Bertz CT molecular complexity index is 350. The van der Waals surface area contributed by atoms with E-state index in [1.807, 2.05) is 11.8 Å². The van der Waals surface area contributed by atoms with Gasteiger partial charge in [0.2, 0.25) is 5.91 Å². The van der Waals surface area contributed by atoms with Crippen molar-refractivity contribution in [1.29, 1.82) is 0 Å². The minimum atomic E-state index is -0.904. The second kappa shape index (κ2) is 6.47. The van der Waals surface area contributed by atoms with Gasteiger partial charge in [-0.2, -0.15) is 11.8 Å². The van der Waals surface area contributed by atoms with E-state index in [-0.39, 0.29) is 11.7 Å². The number of oxime groups is 1. The van der Waals surface area contributed by atoms with Gasteiger partial charge in [0.05, 0.1) is 0 Å². The summed E-state index contributed by atoms with van der Waals surface area (Å²) in [4.78, 5) is 12.4. The molecule has 2 rings (SSSR count). The number of nitrogens with two attached hydrogens (primary N) is 1. The smallest absolute Gasteiger partial charge is 0.234 e. The molecule has 19 heavy (non-hydrogen) atoms. The lowest BCUT2D eigenvalue weighted by molar-refractivity contribution is -0.131. The van der Waals surface area contributed by atoms with Crippen molar-refractivity contribution in [2.24, 2.45) is 22.2 Å². The highest BCUT2D eigenvalue weighted by Gasteiger charge is 2.44. The van der Waals surface area contributed by atoms with Gasteiger partial charge in [0.15, 0.2) is 5.84 Å². The molecule has 2 fully saturated rings. The molecule has 2 saturated heterocycles. The molecule has 1 amide bonds. The summed E-state index contributed by atoms with van der Waals surface area (Å²) in [7, 11) is 0. The van der Waals surface area contributed by atoms with Gasteiger partial charge in [0.1, 0.15) is 5.41 Å². The Kier molecular flexibility index (Phi) is 4.93. The lowest BCUT2D eigenvalue weighted by atomic mass is 9.78. The Labute approximate surface area is 117 Å². The molecule has 1 unspecified atom stereocenters. The molecule has 0 saturated carbocycles. The van der Waals surface area contributed by atoms with Crippen LogP contribution in [0.1, 0.15) is 19.3 Å². The SMILES string of the molecule is NC(=NO)C1(C(=O)NCC2CCSC2)CCOCC1. The zero-order valence-electron chi connectivity index (χ0n) is 10.9. The number of amidine groups is 1. The number of carbonyl (C=O) groups is 1. The van der Waals surface area contributed by atoms with Crippen LogP contribution < -0.4 is 11.1 Å². The van der Waals surface area contributed by atoms with Gasteiger partial charge in [0.25, 0.3) is 0 Å². The van der Waals surface area contributed by atoms with Gasteiger partial charge in [-0.25, -0.2) is 0 Å². The molecule has 1 atom stereocenters. The summed E-state index contributed by atoms with van der Waals surface area (Å²) in [5.74, 6) is 2.66. The molecule has 7 heteroatoms. The van der Waals surface area contributed by atoms with Gasteiger partial charge in [-0.15, -0.1) is 0 Å². The van der Waals surface area contributed by atoms with Crippen molar-refractivity contribution in [2.45, 2.75) is 19.3 Å². The van der Waals surface area contributed by atoms with E-state index in [0.29, 0.717) is 38.5 Å². The number of amides is 1. The molecule has 4 N–H and O–H groups in total. The van der Waals surface area contributed by atoms with E-state index in [4.69, 9.17) is 15.7 Å². The largest absolute Gasteiger partial charge is 0.409 e. The average Bonchev–Trinajstić information content (AvgIpc) is 2.97. The Balaban J connectivity index is 1.98. The first-order chi connectivity index (χ1) is 9.19. The number of ether oxygens (including phenoxy) is 1. The van der Waals surface area contributed by atoms with Crippen molar-refractivity contribution in [2.75, 3.05) is 31.3 Å². The highest BCUT2D eigenvalue weighted by molar-refractivity contribution is 7.99. The molecule has 0 bridgehead atoms. The van der Waals surface area contributed by atoms with E-state index < -0.39 is 5.41 Å². The standard InChI is InChI=1S/C12H21N3O3S/c13-10(15-17)12(2-4-18-5-3-12)11(16)14-7-9-1-6-19-8-9/h9,17H,1-8H2,(H2,13,15)(H,14,16). The van der Waals surface area contributed by atoms with Crippen LogP contribution >= 0.6 is 11.8 Å². The Morgan fingerprint density at radius 1 is 1.53 bits per heavy atom. The summed E-state index contributed by atoms with van der Waals surface area (Å²) in [6.07, 6.45) is 2.08. The first-order valence-corrected chi connectivity index (χ1v) is 7.76. The number of hydrogen-bond acceptors (Lipinski definition) is 5. The van der Waals surface area contributed by atoms with Crippen LogP contribution in [0.2, 0.25) is 0 Å². The summed E-state index contributed by atoms with van der Waals surface area (Å²) in [5, 5.41) is 14.9. The number of thioether (sulfide) groups is 1. The fraction of sp³-hybridized carbons (Fsp3) is 0.833. The van der Waals surface area contributed by atoms with E-state index >= 15 is 0 Å². The molecule has 0 aromatic heterocycles. The number of nitrogens with one attached hydrogen (secondary N) is 1. The van der Waals surface area contributed by atoms with Crippen LogP contribution in [-0.2, 0) is 9.53 Å². The van der Waals surface area contributed by atoms with Crippen molar-refractivity contribution in [3.63, 3.8) is 0 Å². The van der Waals surface area contributed by atoms with Crippen molar-refractivity contribution >= 4 is 23.5 Å². The van der Waals surface area contributed by atoms with Crippen LogP contribution in [-0.4, -0.2) is 48.2 Å². The predicted molar refractivity (Wildman–Crippen MR) is 74.3 cm³/mol. The number of nitrogens with zero attached hydrogens (tertiary/aromatic N) is 1. The summed E-state index contributed by atoms with van der Waals surface area (Å²) < 4.78 is 5.27. The van der Waals surface area contributed by atoms with Gasteiger partial charge >= 0.3 is 0 Å². The molecule has 0 aliphatic carbocycles. The van der Waals surface area contributed by atoms with E-state index in [9.17, 15) is 4.79 Å². The maximum atomic E-state index is 12.4. The van der Waals surface area contributed by atoms with E-state index in [1.165, 1.54) is 5.75 Å². The Morgan fingerprint density at radius 3 is 2.84 bits per heavy atom. The van der Waals surface area contributed by atoms with Crippen LogP contribution in [0.4, 0.5) is 0 Å². The van der Waals surface area contributed by atoms with Crippen LogP contribution in [0.3, 0.4) is 0 Å². The van der Waals surface area contributed by atoms with Gasteiger partial charge in [-0.05, 0) is 36.7 Å². The molecule has 0 radical (unpaired) electrons. The molecule has 2 aliphatic rings. The zero-order chi connectivity index (χ0) is 13.7. The summed E-state index contributed by atoms with van der Waals surface area (Å²) in [6.45, 7) is 1.60. The van der Waals surface area contributed by atoms with Crippen molar-refractivity contribution in [3.8, 4) is 0 Å². The summed E-state index contributed by atoms with van der Waals surface area (Å²) >= 11 is 1.92. The Morgan fingerprint density at radius 2 is 2.26 bits per heavy atom. The van der Waals surface area contributed by atoms with Crippen LogP contribution in [0.5, 0.6) is 0 Å². The predicted octanol–water partition coefficient (Wildman–Crippen LogP) is 0.399. The first kappa shape index (κ1) is 14.5. The molecule has 6 nitrogen and oxygen atoms in total. The van der Waals surface area contributed by atoms with Gasteiger partial charge in [-0.3, -0.25) is 4.79 Å². The topological polar surface area (TPSA) is 96.9 Å². The zero-order valence-corrected chi connectivity index (χ0v) is 11.7.